The fourth-order valence-electron chi connectivity index (χ4n) is 0.945. The minimum absolute atomic E-state index is 0.528. The van der Waals surface area contributed by atoms with E-state index in [2.05, 4.69) is 18.1 Å². The Labute approximate surface area is 50.6 Å². The van der Waals surface area contributed by atoms with E-state index in [1.54, 1.807) is 0 Å². The molecule has 1 aliphatic carbocycles. The van der Waals surface area contributed by atoms with Crippen LogP contribution in [0.2, 0.25) is 0 Å². The van der Waals surface area contributed by atoms with Crippen molar-refractivity contribution in [1.82, 2.24) is 0 Å². The van der Waals surface area contributed by atoms with Crippen molar-refractivity contribution in [2.24, 2.45) is 5.92 Å². The summed E-state index contributed by atoms with van der Waals surface area (Å²) >= 11 is 0. The summed E-state index contributed by atoms with van der Waals surface area (Å²) in [5.74, 6) is 3.28. The molecular weight excluding hydrogens is 96.1 g/mol. The minimum atomic E-state index is 0.528. The monoisotopic (exact) mass is 106 g/mol. The molecule has 0 amide bonds. The first-order chi connectivity index (χ1) is 3.93. The van der Waals surface area contributed by atoms with Crippen LogP contribution >= 0.6 is 0 Å². The molecule has 0 heterocycles. The van der Waals surface area contributed by atoms with E-state index < -0.39 is 0 Å². The quantitative estimate of drug-likeness (QED) is 0.327. The lowest BCUT2D eigenvalue weighted by Crippen LogP contribution is -1.97. The van der Waals surface area contributed by atoms with Gasteiger partial charge in [-0.3, -0.25) is 0 Å². The van der Waals surface area contributed by atoms with Gasteiger partial charge in [0.25, 0.3) is 0 Å². The van der Waals surface area contributed by atoms with Crippen LogP contribution in [0.4, 0.5) is 0 Å². The molecule has 0 N–H and O–H groups in total. The van der Waals surface area contributed by atoms with E-state index in [4.69, 9.17) is 6.42 Å². The molecule has 0 spiro atoms. The van der Waals surface area contributed by atoms with Crippen LogP contribution in [-0.4, -0.2) is 0 Å². The number of allylic oxidation sites excluding steroid dienone is 2. The van der Waals surface area contributed by atoms with Crippen molar-refractivity contribution < 1.29 is 0 Å². The second-order valence-electron chi connectivity index (χ2n) is 2.15. The summed E-state index contributed by atoms with van der Waals surface area (Å²) in [5.41, 5.74) is 0. The Hall–Kier alpha value is -0.700. The van der Waals surface area contributed by atoms with Gasteiger partial charge in [0.05, 0.1) is 0 Å². The summed E-state index contributed by atoms with van der Waals surface area (Å²) in [6, 6.07) is 0. The van der Waals surface area contributed by atoms with Crippen LogP contribution in [0, 0.1) is 18.3 Å². The summed E-state index contributed by atoms with van der Waals surface area (Å²) in [6.07, 6.45) is 13.1. The molecule has 0 saturated heterocycles. The molecule has 1 aliphatic rings. The molecule has 0 bridgehead atoms. The molecule has 0 nitrogen and oxygen atoms in total. The summed E-state index contributed by atoms with van der Waals surface area (Å²) in [4.78, 5) is 0. The van der Waals surface area contributed by atoms with E-state index in [1.807, 2.05) is 0 Å². The molecule has 1 rings (SSSR count). The van der Waals surface area contributed by atoms with Crippen molar-refractivity contribution in [1.29, 1.82) is 0 Å². The van der Waals surface area contributed by atoms with Crippen molar-refractivity contribution in [3.05, 3.63) is 12.2 Å². The fourth-order valence-corrected chi connectivity index (χ4v) is 0.945. The normalized spacial score (nSPS) is 27.1. The molecule has 42 valence electrons. The van der Waals surface area contributed by atoms with E-state index in [0.29, 0.717) is 5.92 Å². The van der Waals surface area contributed by atoms with Gasteiger partial charge in [-0.1, -0.05) is 12.2 Å². The molecule has 0 aromatic carbocycles. The smallest absolute Gasteiger partial charge is 0.0237 e. The Kier molecular flexibility index (Phi) is 1.75. The van der Waals surface area contributed by atoms with Crippen molar-refractivity contribution in [3.63, 3.8) is 0 Å². The van der Waals surface area contributed by atoms with Crippen molar-refractivity contribution in [2.45, 2.75) is 19.3 Å². The number of terminal acetylenes is 1. The second-order valence-corrected chi connectivity index (χ2v) is 2.15. The van der Waals surface area contributed by atoms with Gasteiger partial charge in [0, 0.05) is 5.92 Å². The van der Waals surface area contributed by atoms with Crippen LogP contribution in [0.15, 0.2) is 12.2 Å². The summed E-state index contributed by atoms with van der Waals surface area (Å²) < 4.78 is 0. The lowest BCUT2D eigenvalue weighted by Gasteiger charge is -2.09. The third-order valence-electron chi connectivity index (χ3n) is 1.50. The summed E-state index contributed by atoms with van der Waals surface area (Å²) in [6.45, 7) is 0. The maximum Gasteiger partial charge on any atom is 0.0237 e. The number of hydrogen-bond donors (Lipinski definition) is 0. The Morgan fingerprint density at radius 2 is 2.38 bits per heavy atom. The van der Waals surface area contributed by atoms with Crippen LogP contribution < -0.4 is 0 Å². The van der Waals surface area contributed by atoms with Gasteiger partial charge in [-0.2, -0.15) is 0 Å². The van der Waals surface area contributed by atoms with E-state index in [-0.39, 0.29) is 0 Å². The van der Waals surface area contributed by atoms with Gasteiger partial charge >= 0.3 is 0 Å². The molecule has 0 unspecified atom stereocenters. The molecule has 0 saturated carbocycles. The highest BCUT2D eigenvalue weighted by molar-refractivity contribution is 5.02. The molecule has 0 aromatic heterocycles. The molecular formula is C8H10. The fraction of sp³-hybridized carbons (Fsp3) is 0.500. The zero-order valence-electron chi connectivity index (χ0n) is 4.93. The second kappa shape index (κ2) is 2.57. The Bertz CT molecular complexity index is 125. The molecule has 1 atom stereocenters. The Balaban J connectivity index is 2.41. The summed E-state index contributed by atoms with van der Waals surface area (Å²) in [5, 5.41) is 0. The number of rotatable bonds is 0. The average molecular weight is 106 g/mol. The molecule has 8 heavy (non-hydrogen) atoms. The van der Waals surface area contributed by atoms with Gasteiger partial charge in [0.1, 0.15) is 0 Å². The molecule has 0 aromatic rings. The standard InChI is InChI=1S/C8H10/c1-2-8-6-4-3-5-7-8/h1,3-4,8H,5-7H2/t8-/m1/s1. The third kappa shape index (κ3) is 1.13. The predicted octanol–water partition coefficient (Wildman–Crippen LogP) is 1.98. The van der Waals surface area contributed by atoms with Gasteiger partial charge in [-0.25, -0.2) is 0 Å². The van der Waals surface area contributed by atoms with E-state index in [1.165, 1.54) is 12.8 Å². The Morgan fingerprint density at radius 1 is 1.50 bits per heavy atom. The first-order valence-electron chi connectivity index (χ1n) is 3.04. The van der Waals surface area contributed by atoms with Crippen molar-refractivity contribution >= 4 is 0 Å². The van der Waals surface area contributed by atoms with E-state index in [9.17, 15) is 0 Å². The van der Waals surface area contributed by atoms with Gasteiger partial charge < -0.3 is 0 Å². The Morgan fingerprint density at radius 3 is 2.75 bits per heavy atom. The lowest BCUT2D eigenvalue weighted by atomic mass is 9.96. The first kappa shape index (κ1) is 5.44. The summed E-state index contributed by atoms with van der Waals surface area (Å²) in [7, 11) is 0. The van der Waals surface area contributed by atoms with Crippen LogP contribution in [0.25, 0.3) is 0 Å². The molecule has 0 radical (unpaired) electrons. The van der Waals surface area contributed by atoms with Gasteiger partial charge in [-0.15, -0.1) is 12.3 Å². The zero-order valence-corrected chi connectivity index (χ0v) is 4.93. The van der Waals surface area contributed by atoms with Crippen LogP contribution in [0.3, 0.4) is 0 Å². The first-order valence-corrected chi connectivity index (χ1v) is 3.04. The van der Waals surface area contributed by atoms with Crippen LogP contribution in [0.5, 0.6) is 0 Å². The predicted molar refractivity (Wildman–Crippen MR) is 35.3 cm³/mol. The highest BCUT2D eigenvalue weighted by Gasteiger charge is 2.03. The molecule has 0 heteroatoms. The zero-order chi connectivity index (χ0) is 5.82. The van der Waals surface area contributed by atoms with Gasteiger partial charge in [-0.05, 0) is 19.3 Å². The highest BCUT2D eigenvalue weighted by atomic mass is 14.1. The van der Waals surface area contributed by atoms with Crippen molar-refractivity contribution in [2.75, 3.05) is 0 Å². The average Bonchev–Trinajstić information content (AvgIpc) is 1.90. The maximum atomic E-state index is 5.22. The minimum Gasteiger partial charge on any atom is -0.120 e. The molecule has 0 fully saturated rings. The number of hydrogen-bond acceptors (Lipinski definition) is 0. The van der Waals surface area contributed by atoms with E-state index >= 15 is 0 Å². The van der Waals surface area contributed by atoms with E-state index in [0.717, 1.165) is 6.42 Å². The molecule has 0 aliphatic heterocycles. The van der Waals surface area contributed by atoms with Crippen molar-refractivity contribution in [3.8, 4) is 12.3 Å². The topological polar surface area (TPSA) is 0 Å². The van der Waals surface area contributed by atoms with Crippen LogP contribution in [0.1, 0.15) is 19.3 Å². The third-order valence-corrected chi connectivity index (χ3v) is 1.50. The lowest BCUT2D eigenvalue weighted by molar-refractivity contribution is 0.603. The highest BCUT2D eigenvalue weighted by Crippen LogP contribution is 2.15. The van der Waals surface area contributed by atoms with Crippen LogP contribution in [-0.2, 0) is 0 Å². The SMILES string of the molecule is C#C[C@@H]1CC=CCC1. The van der Waals surface area contributed by atoms with Gasteiger partial charge in [0.15, 0.2) is 0 Å². The maximum absolute atomic E-state index is 5.22. The van der Waals surface area contributed by atoms with Gasteiger partial charge in [0.2, 0.25) is 0 Å². The largest absolute Gasteiger partial charge is 0.120 e.